The molecule has 0 aliphatic carbocycles. The Labute approximate surface area is 189 Å². The summed E-state index contributed by atoms with van der Waals surface area (Å²) in [5, 5.41) is 6.12. The van der Waals surface area contributed by atoms with Gasteiger partial charge in [0.25, 0.3) is 5.91 Å². The minimum Gasteiger partial charge on any atom is -0.489 e. The third-order valence-electron chi connectivity index (χ3n) is 4.27. The van der Waals surface area contributed by atoms with Gasteiger partial charge in [0, 0.05) is 14.8 Å². The van der Waals surface area contributed by atoms with Gasteiger partial charge >= 0.3 is 0 Å². The molecule has 3 aromatic rings. The van der Waals surface area contributed by atoms with Gasteiger partial charge in [-0.2, -0.15) is 0 Å². The summed E-state index contributed by atoms with van der Waals surface area (Å²) < 4.78 is 6.96. The molecule has 0 aliphatic heterocycles. The quantitative estimate of drug-likeness (QED) is 0.333. The molecule has 3 aromatic carbocycles. The summed E-state index contributed by atoms with van der Waals surface area (Å²) in [6.07, 6.45) is 0.872. The average Bonchev–Trinajstić information content (AvgIpc) is 2.74. The number of hydrogen-bond acceptors (Lipinski definition) is 3. The van der Waals surface area contributed by atoms with Crippen LogP contribution in [0.4, 0.5) is 5.69 Å². The van der Waals surface area contributed by atoms with Crippen LogP contribution in [0.5, 0.6) is 5.75 Å². The summed E-state index contributed by atoms with van der Waals surface area (Å²) in [5.74, 6) is 0.350. The standard InChI is InChI=1S/C23H21IN2O2S/c1-2-17-13-19(24)11-12-21(17)25-23(29)26-22(27)18-9-6-10-20(14-18)28-15-16-7-4-3-5-8-16/h3-14H,2,15H2,1H3,(H2,25,26,27,29). The normalized spacial score (nSPS) is 10.3. The first-order valence-corrected chi connectivity index (χ1v) is 10.7. The van der Waals surface area contributed by atoms with E-state index in [2.05, 4.69) is 46.2 Å². The molecule has 1 amide bonds. The maximum atomic E-state index is 12.6. The highest BCUT2D eigenvalue weighted by atomic mass is 127. The number of carbonyl (C=O) groups excluding carboxylic acids is 1. The van der Waals surface area contributed by atoms with Gasteiger partial charge in [-0.15, -0.1) is 0 Å². The molecule has 0 aliphatic rings. The van der Waals surface area contributed by atoms with E-state index in [-0.39, 0.29) is 11.0 Å². The van der Waals surface area contributed by atoms with E-state index in [1.165, 1.54) is 0 Å². The van der Waals surface area contributed by atoms with E-state index in [0.29, 0.717) is 17.9 Å². The van der Waals surface area contributed by atoms with Crippen LogP contribution >= 0.6 is 34.8 Å². The number of carbonyl (C=O) groups is 1. The van der Waals surface area contributed by atoms with E-state index in [1.54, 1.807) is 18.2 Å². The zero-order valence-electron chi connectivity index (χ0n) is 15.9. The SMILES string of the molecule is CCc1cc(I)ccc1NC(=S)NC(=O)c1cccc(OCc2ccccc2)c1. The van der Waals surface area contributed by atoms with Gasteiger partial charge in [0.05, 0.1) is 0 Å². The lowest BCUT2D eigenvalue weighted by molar-refractivity contribution is 0.0977. The maximum absolute atomic E-state index is 12.6. The first-order chi connectivity index (χ1) is 14.0. The Bertz CT molecular complexity index is 1010. The fourth-order valence-electron chi connectivity index (χ4n) is 2.77. The second kappa shape index (κ2) is 10.4. The molecule has 2 N–H and O–H groups in total. The zero-order chi connectivity index (χ0) is 20.6. The summed E-state index contributed by atoms with van der Waals surface area (Å²) in [5.41, 5.74) is 3.60. The molecule has 0 spiro atoms. The van der Waals surface area contributed by atoms with Crippen molar-refractivity contribution in [1.82, 2.24) is 5.32 Å². The summed E-state index contributed by atoms with van der Waals surface area (Å²) >= 11 is 7.60. The van der Waals surface area contributed by atoms with Gasteiger partial charge in [-0.25, -0.2) is 0 Å². The molecule has 0 unspecified atom stereocenters. The fraction of sp³-hybridized carbons (Fsp3) is 0.130. The van der Waals surface area contributed by atoms with Gasteiger partial charge < -0.3 is 10.1 Å². The van der Waals surface area contributed by atoms with Crippen LogP contribution in [-0.4, -0.2) is 11.0 Å². The van der Waals surface area contributed by atoms with Crippen LogP contribution in [-0.2, 0) is 13.0 Å². The minimum absolute atomic E-state index is 0.265. The molecule has 0 saturated carbocycles. The number of rotatable bonds is 6. The maximum Gasteiger partial charge on any atom is 0.257 e. The molecule has 0 bridgehead atoms. The van der Waals surface area contributed by atoms with Crippen LogP contribution in [0, 0.1) is 3.57 Å². The Hall–Kier alpha value is -2.45. The second-order valence-electron chi connectivity index (χ2n) is 6.37. The van der Waals surface area contributed by atoms with Gasteiger partial charge in [0.15, 0.2) is 5.11 Å². The van der Waals surface area contributed by atoms with Gasteiger partial charge in [0.1, 0.15) is 12.4 Å². The largest absolute Gasteiger partial charge is 0.489 e. The summed E-state index contributed by atoms with van der Waals surface area (Å²) in [6.45, 7) is 2.53. The fourth-order valence-corrected chi connectivity index (χ4v) is 3.53. The van der Waals surface area contributed by atoms with Crippen LogP contribution in [0.25, 0.3) is 0 Å². The predicted molar refractivity (Wildman–Crippen MR) is 129 cm³/mol. The van der Waals surface area contributed by atoms with E-state index in [1.807, 2.05) is 48.5 Å². The molecular weight excluding hydrogens is 495 g/mol. The molecule has 0 saturated heterocycles. The molecule has 6 heteroatoms. The Kier molecular flexibility index (Phi) is 7.60. The number of ether oxygens (including phenoxy) is 1. The number of nitrogens with one attached hydrogen (secondary N) is 2. The van der Waals surface area contributed by atoms with Crippen molar-refractivity contribution in [3.05, 3.63) is 93.1 Å². The van der Waals surface area contributed by atoms with Crippen LogP contribution in [0.2, 0.25) is 0 Å². The Morgan fingerprint density at radius 3 is 2.59 bits per heavy atom. The molecule has 4 nitrogen and oxygen atoms in total. The van der Waals surface area contributed by atoms with Crippen LogP contribution < -0.4 is 15.4 Å². The number of benzene rings is 3. The van der Waals surface area contributed by atoms with Crippen molar-refractivity contribution < 1.29 is 9.53 Å². The molecule has 0 aromatic heterocycles. The summed E-state index contributed by atoms with van der Waals surface area (Å²) in [6, 6.07) is 23.0. The molecule has 148 valence electrons. The highest BCUT2D eigenvalue weighted by molar-refractivity contribution is 14.1. The number of anilines is 1. The van der Waals surface area contributed by atoms with Gasteiger partial charge in [-0.3, -0.25) is 10.1 Å². The van der Waals surface area contributed by atoms with Crippen molar-refractivity contribution in [3.63, 3.8) is 0 Å². The van der Waals surface area contributed by atoms with E-state index < -0.39 is 0 Å². The minimum atomic E-state index is -0.281. The molecule has 3 rings (SSSR count). The zero-order valence-corrected chi connectivity index (χ0v) is 18.9. The monoisotopic (exact) mass is 516 g/mol. The van der Waals surface area contributed by atoms with E-state index in [4.69, 9.17) is 17.0 Å². The summed E-state index contributed by atoms with van der Waals surface area (Å²) in [7, 11) is 0. The Morgan fingerprint density at radius 2 is 1.83 bits per heavy atom. The van der Waals surface area contributed by atoms with Gasteiger partial charge in [-0.1, -0.05) is 43.3 Å². The van der Waals surface area contributed by atoms with Crippen molar-refractivity contribution in [2.45, 2.75) is 20.0 Å². The Balaban J connectivity index is 1.61. The van der Waals surface area contributed by atoms with Crippen molar-refractivity contribution in [3.8, 4) is 5.75 Å². The first kappa shape index (κ1) is 21.3. The molecular formula is C23H21IN2O2S. The lowest BCUT2D eigenvalue weighted by Crippen LogP contribution is -2.34. The number of hydrogen-bond donors (Lipinski definition) is 2. The second-order valence-corrected chi connectivity index (χ2v) is 8.02. The van der Waals surface area contributed by atoms with Crippen LogP contribution in [0.15, 0.2) is 72.8 Å². The van der Waals surface area contributed by atoms with Crippen molar-refractivity contribution >= 4 is 51.5 Å². The van der Waals surface area contributed by atoms with Crippen molar-refractivity contribution in [2.24, 2.45) is 0 Å². The highest BCUT2D eigenvalue weighted by Gasteiger charge is 2.11. The Morgan fingerprint density at radius 1 is 1.03 bits per heavy atom. The smallest absolute Gasteiger partial charge is 0.257 e. The van der Waals surface area contributed by atoms with Crippen LogP contribution in [0.3, 0.4) is 0 Å². The van der Waals surface area contributed by atoms with Crippen molar-refractivity contribution in [1.29, 1.82) is 0 Å². The van der Waals surface area contributed by atoms with Gasteiger partial charge in [-0.05, 0) is 88.8 Å². The topological polar surface area (TPSA) is 50.4 Å². The number of amides is 1. The van der Waals surface area contributed by atoms with Crippen molar-refractivity contribution in [2.75, 3.05) is 5.32 Å². The van der Waals surface area contributed by atoms with Crippen LogP contribution in [0.1, 0.15) is 28.4 Å². The van der Waals surface area contributed by atoms with E-state index >= 15 is 0 Å². The molecule has 0 fully saturated rings. The molecule has 0 radical (unpaired) electrons. The number of thiocarbonyl (C=S) groups is 1. The van der Waals surface area contributed by atoms with Gasteiger partial charge in [0.2, 0.25) is 0 Å². The molecule has 0 atom stereocenters. The molecule has 0 heterocycles. The third kappa shape index (κ3) is 6.27. The highest BCUT2D eigenvalue weighted by Crippen LogP contribution is 2.20. The summed E-state index contributed by atoms with van der Waals surface area (Å²) in [4.78, 5) is 12.6. The van der Waals surface area contributed by atoms with E-state index in [0.717, 1.165) is 26.8 Å². The number of halogens is 1. The lowest BCUT2D eigenvalue weighted by Gasteiger charge is -2.13. The third-order valence-corrected chi connectivity index (χ3v) is 5.14. The predicted octanol–water partition coefficient (Wildman–Crippen LogP) is 5.56. The number of aryl methyl sites for hydroxylation is 1. The average molecular weight is 516 g/mol. The van der Waals surface area contributed by atoms with E-state index in [9.17, 15) is 4.79 Å². The molecule has 29 heavy (non-hydrogen) atoms. The lowest BCUT2D eigenvalue weighted by atomic mass is 10.1. The first-order valence-electron chi connectivity index (χ1n) is 9.22.